The van der Waals surface area contributed by atoms with E-state index in [-0.39, 0.29) is 5.75 Å². The van der Waals surface area contributed by atoms with Crippen molar-refractivity contribution in [1.29, 1.82) is 0 Å². The molecule has 18 heavy (non-hydrogen) atoms. The summed E-state index contributed by atoms with van der Waals surface area (Å²) in [4.78, 5) is 11.6. The van der Waals surface area contributed by atoms with E-state index in [9.17, 15) is 13.2 Å². The molecule has 7 heteroatoms. The molecule has 0 bridgehead atoms. The third-order valence-corrected chi connectivity index (χ3v) is 2.93. The number of amides is 1. The zero-order valence-corrected chi connectivity index (χ0v) is 12.7. The van der Waals surface area contributed by atoms with E-state index in [4.69, 9.17) is 9.88 Å². The number of carbonyl (C=O) groups excluding carboxylic acids is 1. The third-order valence-electron chi connectivity index (χ3n) is 2.14. The van der Waals surface area contributed by atoms with E-state index in [1.807, 2.05) is 20.8 Å². The molecule has 0 aliphatic rings. The number of primary sulfonamides is 1. The highest BCUT2D eigenvalue weighted by atomic mass is 32.2. The van der Waals surface area contributed by atoms with Crippen LogP contribution in [0.15, 0.2) is 0 Å². The molecule has 3 N–H and O–H groups in total. The van der Waals surface area contributed by atoms with Gasteiger partial charge >= 0.3 is 6.09 Å². The van der Waals surface area contributed by atoms with Crippen LogP contribution < -0.4 is 10.5 Å². The van der Waals surface area contributed by atoms with Gasteiger partial charge in [0.2, 0.25) is 10.0 Å². The molecule has 108 valence electrons. The lowest BCUT2D eigenvalue weighted by atomic mass is 9.88. The van der Waals surface area contributed by atoms with Gasteiger partial charge in [-0.1, -0.05) is 20.8 Å². The van der Waals surface area contributed by atoms with Crippen molar-refractivity contribution in [3.63, 3.8) is 0 Å². The van der Waals surface area contributed by atoms with Crippen molar-refractivity contribution >= 4 is 16.1 Å². The first-order valence-corrected chi connectivity index (χ1v) is 7.42. The van der Waals surface area contributed by atoms with Crippen LogP contribution in [-0.4, -0.2) is 31.9 Å². The fraction of sp³-hybridized carbons (Fsp3) is 0.909. The van der Waals surface area contributed by atoms with Crippen LogP contribution in [0.5, 0.6) is 0 Å². The Morgan fingerprint density at radius 3 is 1.94 bits per heavy atom. The summed E-state index contributed by atoms with van der Waals surface area (Å²) in [5, 5.41) is 7.57. The molecule has 0 saturated heterocycles. The number of alkyl carbamates (subject to hydrolysis) is 1. The number of carbonyl (C=O) groups is 1. The molecular formula is C11H24N2O4S. The van der Waals surface area contributed by atoms with E-state index >= 15 is 0 Å². The van der Waals surface area contributed by atoms with E-state index < -0.39 is 33.2 Å². The second kappa shape index (κ2) is 5.44. The van der Waals surface area contributed by atoms with Crippen LogP contribution in [0.4, 0.5) is 4.79 Å². The highest BCUT2D eigenvalue weighted by molar-refractivity contribution is 7.89. The molecule has 0 aromatic carbocycles. The van der Waals surface area contributed by atoms with Crippen molar-refractivity contribution in [2.45, 2.75) is 53.2 Å². The molecule has 0 saturated carbocycles. The predicted octanol–water partition coefficient (Wildman–Crippen LogP) is 1.21. The minimum atomic E-state index is -3.67. The fourth-order valence-electron chi connectivity index (χ4n) is 1.19. The number of nitrogens with one attached hydrogen (secondary N) is 1. The Morgan fingerprint density at radius 2 is 1.67 bits per heavy atom. The van der Waals surface area contributed by atoms with Crippen LogP contribution in [0.1, 0.15) is 41.5 Å². The Kier molecular flexibility index (Phi) is 5.19. The Bertz CT molecular complexity index is 390. The van der Waals surface area contributed by atoms with Crippen molar-refractivity contribution in [1.82, 2.24) is 5.32 Å². The van der Waals surface area contributed by atoms with Crippen molar-refractivity contribution in [2.24, 2.45) is 10.6 Å². The van der Waals surface area contributed by atoms with Crippen LogP contribution in [0, 0.1) is 5.41 Å². The van der Waals surface area contributed by atoms with Gasteiger partial charge in [-0.25, -0.2) is 18.4 Å². The summed E-state index contributed by atoms with van der Waals surface area (Å²) < 4.78 is 27.4. The topological polar surface area (TPSA) is 98.5 Å². The molecule has 0 aliphatic carbocycles. The molecule has 0 radical (unpaired) electrons. The van der Waals surface area contributed by atoms with Gasteiger partial charge in [-0.2, -0.15) is 0 Å². The largest absolute Gasteiger partial charge is 0.444 e. The lowest BCUT2D eigenvalue weighted by molar-refractivity contribution is 0.0474. The summed E-state index contributed by atoms with van der Waals surface area (Å²) in [6.45, 7) is 10.7. The summed E-state index contributed by atoms with van der Waals surface area (Å²) in [5.41, 5.74) is -1.07. The van der Waals surface area contributed by atoms with Crippen LogP contribution in [-0.2, 0) is 14.8 Å². The molecule has 1 unspecified atom stereocenters. The summed E-state index contributed by atoms with van der Waals surface area (Å²) in [6, 6.07) is -0.609. The standard InChI is InChI=1S/C11H24N2O4S/c1-10(2,3)8(7-18(12,15)16)13-9(14)17-11(4,5)6/h8H,7H2,1-6H3,(H,13,14)(H2,12,15,16). The average Bonchev–Trinajstić information content (AvgIpc) is 1.93. The molecule has 0 rings (SSSR count). The normalized spacial score (nSPS) is 15.1. The molecule has 0 aliphatic heterocycles. The van der Waals surface area contributed by atoms with Crippen molar-refractivity contribution in [3.8, 4) is 0 Å². The van der Waals surface area contributed by atoms with Gasteiger partial charge in [0.25, 0.3) is 0 Å². The zero-order valence-electron chi connectivity index (χ0n) is 11.9. The van der Waals surface area contributed by atoms with E-state index in [1.165, 1.54) is 0 Å². The fourth-order valence-corrected chi connectivity index (χ4v) is 2.24. The predicted molar refractivity (Wildman–Crippen MR) is 70.6 cm³/mol. The summed E-state index contributed by atoms with van der Waals surface area (Å²) in [7, 11) is -3.67. The SMILES string of the molecule is CC(C)(C)OC(=O)NC(CS(N)(=O)=O)C(C)(C)C. The Labute approximate surface area is 109 Å². The summed E-state index contributed by atoms with van der Waals surface area (Å²) in [5.74, 6) is -0.324. The number of nitrogens with two attached hydrogens (primary N) is 1. The van der Waals surface area contributed by atoms with E-state index in [0.717, 1.165) is 0 Å². The number of hydrogen-bond acceptors (Lipinski definition) is 4. The highest BCUT2D eigenvalue weighted by Gasteiger charge is 2.31. The van der Waals surface area contributed by atoms with Gasteiger partial charge in [0.15, 0.2) is 0 Å². The first kappa shape index (κ1) is 17.2. The molecule has 1 atom stereocenters. The van der Waals surface area contributed by atoms with E-state index in [0.29, 0.717) is 0 Å². The highest BCUT2D eigenvalue weighted by Crippen LogP contribution is 2.20. The molecule has 1 amide bonds. The van der Waals surface area contributed by atoms with Gasteiger partial charge < -0.3 is 10.1 Å². The first-order valence-electron chi connectivity index (χ1n) is 5.71. The Balaban J connectivity index is 4.78. The maximum atomic E-state index is 11.6. The van der Waals surface area contributed by atoms with E-state index in [1.54, 1.807) is 20.8 Å². The second-order valence-electron chi connectivity index (χ2n) is 6.39. The average molecular weight is 280 g/mol. The monoisotopic (exact) mass is 280 g/mol. The number of ether oxygens (including phenoxy) is 1. The third kappa shape index (κ3) is 8.30. The summed E-state index contributed by atoms with van der Waals surface area (Å²) in [6.07, 6.45) is -0.647. The van der Waals surface area contributed by atoms with Gasteiger partial charge in [0.05, 0.1) is 11.8 Å². The maximum Gasteiger partial charge on any atom is 0.407 e. The molecule has 0 fully saturated rings. The quantitative estimate of drug-likeness (QED) is 0.811. The van der Waals surface area contributed by atoms with Crippen molar-refractivity contribution in [2.75, 3.05) is 5.75 Å². The summed E-state index contributed by atoms with van der Waals surface area (Å²) >= 11 is 0. The first-order chi connectivity index (χ1) is 7.71. The van der Waals surface area contributed by atoms with Crippen LogP contribution >= 0.6 is 0 Å². The Hall–Kier alpha value is -0.820. The van der Waals surface area contributed by atoms with Crippen LogP contribution in [0.3, 0.4) is 0 Å². The van der Waals surface area contributed by atoms with Crippen molar-refractivity contribution in [3.05, 3.63) is 0 Å². The number of rotatable bonds is 3. The zero-order chi connectivity index (χ0) is 14.8. The number of hydrogen-bond donors (Lipinski definition) is 2. The van der Waals surface area contributed by atoms with Crippen molar-refractivity contribution < 1.29 is 17.9 Å². The van der Waals surface area contributed by atoms with E-state index in [2.05, 4.69) is 5.32 Å². The van der Waals surface area contributed by atoms with Gasteiger partial charge in [-0.3, -0.25) is 0 Å². The number of sulfonamides is 1. The molecular weight excluding hydrogens is 256 g/mol. The second-order valence-corrected chi connectivity index (χ2v) is 8.05. The van der Waals surface area contributed by atoms with Crippen LogP contribution in [0.25, 0.3) is 0 Å². The lowest BCUT2D eigenvalue weighted by Crippen LogP contribution is -2.50. The molecule has 6 nitrogen and oxygen atoms in total. The molecule has 0 aromatic rings. The minimum absolute atomic E-state index is 0.324. The van der Waals surface area contributed by atoms with Gasteiger partial charge in [-0.15, -0.1) is 0 Å². The van der Waals surface area contributed by atoms with Gasteiger partial charge in [0, 0.05) is 0 Å². The van der Waals surface area contributed by atoms with Gasteiger partial charge in [-0.05, 0) is 26.2 Å². The smallest absolute Gasteiger partial charge is 0.407 e. The van der Waals surface area contributed by atoms with Gasteiger partial charge in [0.1, 0.15) is 5.60 Å². The molecule has 0 spiro atoms. The Morgan fingerprint density at radius 1 is 1.22 bits per heavy atom. The van der Waals surface area contributed by atoms with Crippen LogP contribution in [0.2, 0.25) is 0 Å². The minimum Gasteiger partial charge on any atom is -0.444 e. The molecule has 0 heterocycles. The maximum absolute atomic E-state index is 11.6. The molecule has 0 aromatic heterocycles. The lowest BCUT2D eigenvalue weighted by Gasteiger charge is -2.31.